The maximum absolute atomic E-state index is 11.9. The number of hydrogen-bond acceptors (Lipinski definition) is 4. The van der Waals surface area contributed by atoms with Crippen LogP contribution in [-0.4, -0.2) is 23.4 Å². The summed E-state index contributed by atoms with van der Waals surface area (Å²) in [6.45, 7) is -0.150. The zero-order chi connectivity index (χ0) is 15.4. The van der Waals surface area contributed by atoms with Crippen molar-refractivity contribution in [1.82, 2.24) is 4.98 Å². The molecule has 6 heteroatoms. The van der Waals surface area contributed by atoms with Gasteiger partial charge in [0.25, 0.3) is 5.91 Å². The van der Waals surface area contributed by atoms with Crippen molar-refractivity contribution in [2.45, 2.75) is 12.8 Å². The largest absolute Gasteiger partial charge is 0.482 e. The van der Waals surface area contributed by atoms with Crippen LogP contribution in [0, 0.1) is 0 Å². The molecule has 0 spiro atoms. The molecule has 0 atom stereocenters. The highest BCUT2D eigenvalue weighted by atomic mass is 16.5. The summed E-state index contributed by atoms with van der Waals surface area (Å²) in [7, 11) is 0. The van der Waals surface area contributed by atoms with Gasteiger partial charge in [-0.05, 0) is 30.2 Å². The quantitative estimate of drug-likeness (QED) is 0.904. The molecular formula is C16H15N3O3. The minimum absolute atomic E-state index is 0.0403. The Kier molecular flexibility index (Phi) is 4.00. The Morgan fingerprint density at radius 3 is 2.95 bits per heavy atom. The summed E-state index contributed by atoms with van der Waals surface area (Å²) in [5.41, 5.74) is 1.67. The number of anilines is 2. The summed E-state index contributed by atoms with van der Waals surface area (Å²) < 4.78 is 5.53. The van der Waals surface area contributed by atoms with Crippen molar-refractivity contribution >= 4 is 23.3 Å². The predicted octanol–water partition coefficient (Wildman–Crippen LogP) is 1.98. The van der Waals surface area contributed by atoms with E-state index in [2.05, 4.69) is 15.6 Å². The van der Waals surface area contributed by atoms with Gasteiger partial charge in [-0.1, -0.05) is 18.2 Å². The van der Waals surface area contributed by atoms with Crippen molar-refractivity contribution in [3.05, 3.63) is 48.2 Å². The molecule has 0 saturated heterocycles. The lowest BCUT2D eigenvalue weighted by Crippen LogP contribution is -2.23. The molecule has 1 aliphatic heterocycles. The number of benzene rings is 1. The lowest BCUT2D eigenvalue weighted by Gasteiger charge is -2.19. The van der Waals surface area contributed by atoms with Gasteiger partial charge in [0, 0.05) is 12.6 Å². The molecular weight excluding hydrogens is 282 g/mol. The van der Waals surface area contributed by atoms with Crippen molar-refractivity contribution in [2.24, 2.45) is 0 Å². The molecule has 1 aliphatic rings. The van der Waals surface area contributed by atoms with Crippen LogP contribution in [0.4, 0.5) is 11.5 Å². The van der Waals surface area contributed by atoms with Gasteiger partial charge in [0.1, 0.15) is 11.6 Å². The van der Waals surface area contributed by atoms with Crippen LogP contribution >= 0.6 is 0 Å². The summed E-state index contributed by atoms with van der Waals surface area (Å²) in [5, 5.41) is 5.43. The molecule has 2 amide bonds. The number of carbonyl (C=O) groups excluding carboxylic acids is 2. The van der Waals surface area contributed by atoms with E-state index in [1.807, 2.05) is 12.1 Å². The summed E-state index contributed by atoms with van der Waals surface area (Å²) in [4.78, 5) is 27.4. The first-order valence-corrected chi connectivity index (χ1v) is 6.98. The highest BCUT2D eigenvalue weighted by Crippen LogP contribution is 2.32. The van der Waals surface area contributed by atoms with Crippen LogP contribution in [0.3, 0.4) is 0 Å². The third kappa shape index (κ3) is 3.22. The Labute approximate surface area is 127 Å². The summed E-state index contributed by atoms with van der Waals surface area (Å²) in [6, 6.07) is 10.8. The number of ether oxygens (including phenoxy) is 1. The van der Waals surface area contributed by atoms with E-state index in [1.165, 1.54) is 0 Å². The number of amides is 2. The minimum atomic E-state index is -0.307. The third-order valence-corrected chi connectivity index (χ3v) is 3.29. The van der Waals surface area contributed by atoms with Crippen LogP contribution in [0.1, 0.15) is 12.0 Å². The minimum Gasteiger partial charge on any atom is -0.482 e. The standard InChI is InChI=1S/C16H15N3O3/c20-14-8-7-11-4-3-5-12(16(11)19-14)22-10-15(21)18-13-6-1-2-9-17-13/h1-6,9H,7-8,10H2,(H,19,20)(H,17,18,21). The van der Waals surface area contributed by atoms with Gasteiger partial charge in [0.2, 0.25) is 5.91 Å². The van der Waals surface area contributed by atoms with E-state index in [4.69, 9.17) is 4.74 Å². The van der Waals surface area contributed by atoms with Crippen molar-refractivity contribution in [3.63, 3.8) is 0 Å². The van der Waals surface area contributed by atoms with Crippen molar-refractivity contribution in [2.75, 3.05) is 17.2 Å². The highest BCUT2D eigenvalue weighted by molar-refractivity contribution is 5.96. The average molecular weight is 297 g/mol. The Morgan fingerprint density at radius 1 is 1.23 bits per heavy atom. The van der Waals surface area contributed by atoms with Crippen LogP contribution in [0.5, 0.6) is 5.75 Å². The van der Waals surface area contributed by atoms with Gasteiger partial charge in [-0.15, -0.1) is 0 Å². The maximum atomic E-state index is 11.9. The van der Waals surface area contributed by atoms with E-state index >= 15 is 0 Å². The number of nitrogens with zero attached hydrogens (tertiary/aromatic N) is 1. The zero-order valence-corrected chi connectivity index (χ0v) is 11.8. The lowest BCUT2D eigenvalue weighted by molar-refractivity contribution is -0.118. The first kappa shape index (κ1) is 14.1. The molecule has 22 heavy (non-hydrogen) atoms. The fourth-order valence-electron chi connectivity index (χ4n) is 2.26. The Bertz CT molecular complexity index is 701. The second-order valence-corrected chi connectivity index (χ2v) is 4.89. The zero-order valence-electron chi connectivity index (χ0n) is 11.8. The molecule has 0 bridgehead atoms. The van der Waals surface area contributed by atoms with Gasteiger partial charge < -0.3 is 15.4 Å². The van der Waals surface area contributed by atoms with Crippen molar-refractivity contribution in [3.8, 4) is 5.75 Å². The number of hydrogen-bond donors (Lipinski definition) is 2. The van der Waals surface area contributed by atoms with E-state index < -0.39 is 0 Å². The predicted molar refractivity (Wildman–Crippen MR) is 81.8 cm³/mol. The molecule has 112 valence electrons. The van der Waals surface area contributed by atoms with Crippen LogP contribution in [-0.2, 0) is 16.0 Å². The van der Waals surface area contributed by atoms with E-state index in [1.54, 1.807) is 30.5 Å². The van der Waals surface area contributed by atoms with Gasteiger partial charge in [-0.2, -0.15) is 0 Å². The maximum Gasteiger partial charge on any atom is 0.263 e. The Morgan fingerprint density at radius 2 is 2.14 bits per heavy atom. The number of para-hydroxylation sites is 1. The summed E-state index contributed by atoms with van der Waals surface area (Å²) >= 11 is 0. The summed E-state index contributed by atoms with van der Waals surface area (Å²) in [5.74, 6) is 0.626. The van der Waals surface area contributed by atoms with E-state index in [9.17, 15) is 9.59 Å². The number of aromatic nitrogens is 1. The first-order valence-electron chi connectivity index (χ1n) is 6.98. The second-order valence-electron chi connectivity index (χ2n) is 4.89. The number of rotatable bonds is 4. The Balaban J connectivity index is 1.64. The van der Waals surface area contributed by atoms with Crippen LogP contribution in [0.25, 0.3) is 0 Å². The number of pyridine rings is 1. The number of nitrogens with one attached hydrogen (secondary N) is 2. The van der Waals surface area contributed by atoms with Gasteiger partial charge in [0.05, 0.1) is 5.69 Å². The molecule has 0 fully saturated rings. The molecule has 1 aromatic carbocycles. The molecule has 3 rings (SSSR count). The van der Waals surface area contributed by atoms with Crippen molar-refractivity contribution < 1.29 is 14.3 Å². The number of aryl methyl sites for hydroxylation is 1. The van der Waals surface area contributed by atoms with Gasteiger partial charge in [-0.25, -0.2) is 4.98 Å². The van der Waals surface area contributed by atoms with E-state index in [-0.39, 0.29) is 18.4 Å². The molecule has 2 aromatic rings. The highest BCUT2D eigenvalue weighted by Gasteiger charge is 2.18. The molecule has 0 unspecified atom stereocenters. The molecule has 2 heterocycles. The molecule has 0 radical (unpaired) electrons. The van der Waals surface area contributed by atoms with Crippen molar-refractivity contribution in [1.29, 1.82) is 0 Å². The van der Waals surface area contributed by atoms with Crippen LogP contribution < -0.4 is 15.4 Å². The SMILES string of the molecule is O=C(COc1cccc2c1NC(=O)CC2)Nc1ccccn1. The topological polar surface area (TPSA) is 80.3 Å². The smallest absolute Gasteiger partial charge is 0.263 e. The van der Waals surface area contributed by atoms with Crippen LogP contribution in [0.15, 0.2) is 42.6 Å². The van der Waals surface area contributed by atoms with E-state index in [0.29, 0.717) is 30.1 Å². The van der Waals surface area contributed by atoms with E-state index in [0.717, 1.165) is 5.56 Å². The molecule has 2 N–H and O–H groups in total. The molecule has 6 nitrogen and oxygen atoms in total. The molecule has 0 saturated carbocycles. The summed E-state index contributed by atoms with van der Waals surface area (Å²) in [6.07, 6.45) is 2.74. The molecule has 1 aromatic heterocycles. The number of fused-ring (bicyclic) bond motifs is 1. The fourth-order valence-corrected chi connectivity index (χ4v) is 2.26. The monoisotopic (exact) mass is 297 g/mol. The molecule has 0 aliphatic carbocycles. The van der Waals surface area contributed by atoms with Gasteiger partial charge in [-0.3, -0.25) is 9.59 Å². The van der Waals surface area contributed by atoms with Crippen LogP contribution in [0.2, 0.25) is 0 Å². The average Bonchev–Trinajstić information content (AvgIpc) is 2.54. The van der Waals surface area contributed by atoms with Gasteiger partial charge in [0.15, 0.2) is 6.61 Å². The lowest BCUT2D eigenvalue weighted by atomic mass is 10.0. The van der Waals surface area contributed by atoms with Gasteiger partial charge >= 0.3 is 0 Å². The number of carbonyl (C=O) groups is 2. The fraction of sp³-hybridized carbons (Fsp3) is 0.188. The normalized spacial score (nSPS) is 13.0. The third-order valence-electron chi connectivity index (χ3n) is 3.29. The first-order chi connectivity index (χ1) is 10.7. The Hall–Kier alpha value is -2.89. The second kappa shape index (κ2) is 6.26.